The molecule has 0 radical (unpaired) electrons. The second-order valence-corrected chi connectivity index (χ2v) is 10.9. The number of sulfonamides is 1. The van der Waals surface area contributed by atoms with E-state index in [1.165, 1.54) is 53.9 Å². The van der Waals surface area contributed by atoms with E-state index in [4.69, 9.17) is 0 Å². The van der Waals surface area contributed by atoms with E-state index in [0.29, 0.717) is 23.7 Å². The summed E-state index contributed by atoms with van der Waals surface area (Å²) in [6, 6.07) is 9.45. The number of anilines is 1. The van der Waals surface area contributed by atoms with Gasteiger partial charge in [0.15, 0.2) is 5.13 Å². The Bertz CT molecular complexity index is 1200. The molecule has 1 aromatic carbocycles. The molecular weight excluding hydrogens is 468 g/mol. The molecule has 0 fully saturated rings. The second-order valence-electron chi connectivity index (χ2n) is 7.12. The summed E-state index contributed by atoms with van der Waals surface area (Å²) in [5.74, 6) is -0.460. The van der Waals surface area contributed by atoms with Gasteiger partial charge in [-0.2, -0.15) is 0 Å². The minimum atomic E-state index is -3.62. The normalized spacial score (nSPS) is 12.3. The molecule has 2 amide bonds. The van der Waals surface area contributed by atoms with Crippen molar-refractivity contribution in [3.8, 4) is 10.6 Å². The Morgan fingerprint density at radius 1 is 1.12 bits per heavy atom. The lowest BCUT2D eigenvalue weighted by Crippen LogP contribution is -2.32. The molecule has 8 nitrogen and oxygen atoms in total. The quantitative estimate of drug-likeness (QED) is 0.420. The van der Waals surface area contributed by atoms with Gasteiger partial charge in [0, 0.05) is 28.8 Å². The van der Waals surface area contributed by atoms with Crippen molar-refractivity contribution in [2.75, 3.05) is 5.32 Å². The fraction of sp³-hybridized carbons (Fsp3) is 0.286. The zero-order chi connectivity index (χ0) is 23.3. The van der Waals surface area contributed by atoms with Crippen LogP contribution in [0, 0.1) is 0 Å². The maximum absolute atomic E-state index is 12.6. The van der Waals surface area contributed by atoms with Crippen LogP contribution in [-0.4, -0.2) is 31.3 Å². The summed E-state index contributed by atoms with van der Waals surface area (Å²) in [6.45, 7) is 5.63. The van der Waals surface area contributed by atoms with E-state index in [-0.39, 0.29) is 22.8 Å². The van der Waals surface area contributed by atoms with Crippen LogP contribution in [0.5, 0.6) is 0 Å². The van der Waals surface area contributed by atoms with Gasteiger partial charge < -0.3 is 5.32 Å². The van der Waals surface area contributed by atoms with Gasteiger partial charge in [0.2, 0.25) is 15.9 Å². The van der Waals surface area contributed by atoms with E-state index in [2.05, 4.69) is 20.3 Å². The highest BCUT2D eigenvalue weighted by molar-refractivity contribution is 7.89. The minimum absolute atomic E-state index is 0.0870. The minimum Gasteiger partial charge on any atom is -0.351 e. The van der Waals surface area contributed by atoms with Crippen molar-refractivity contribution in [1.29, 1.82) is 0 Å². The van der Waals surface area contributed by atoms with E-state index in [1.54, 1.807) is 6.92 Å². The molecule has 2 aromatic heterocycles. The summed E-state index contributed by atoms with van der Waals surface area (Å²) in [5.41, 5.74) is 1.07. The molecule has 0 aliphatic carbocycles. The third kappa shape index (κ3) is 6.22. The van der Waals surface area contributed by atoms with Crippen LogP contribution in [0.4, 0.5) is 5.13 Å². The average Bonchev–Trinajstić information content (AvgIpc) is 3.41. The van der Waals surface area contributed by atoms with Gasteiger partial charge in [-0.1, -0.05) is 6.92 Å². The first-order valence-corrected chi connectivity index (χ1v) is 13.1. The van der Waals surface area contributed by atoms with E-state index >= 15 is 0 Å². The van der Waals surface area contributed by atoms with Crippen LogP contribution in [0.1, 0.15) is 42.4 Å². The molecule has 3 N–H and O–H groups in total. The second kappa shape index (κ2) is 10.3. The van der Waals surface area contributed by atoms with Crippen molar-refractivity contribution in [2.24, 2.45) is 0 Å². The molecule has 1 unspecified atom stereocenters. The maximum atomic E-state index is 12.6. The van der Waals surface area contributed by atoms with Crippen LogP contribution in [0.3, 0.4) is 0 Å². The number of hydrogen-bond donors (Lipinski definition) is 3. The van der Waals surface area contributed by atoms with Crippen molar-refractivity contribution in [3.05, 3.63) is 52.2 Å². The van der Waals surface area contributed by atoms with E-state index in [0.717, 1.165) is 15.4 Å². The van der Waals surface area contributed by atoms with Gasteiger partial charge >= 0.3 is 0 Å². The third-order valence-corrected chi connectivity index (χ3v) is 8.02. The average molecular weight is 493 g/mol. The Morgan fingerprint density at radius 2 is 1.84 bits per heavy atom. The highest BCUT2D eigenvalue weighted by Gasteiger charge is 2.18. The maximum Gasteiger partial charge on any atom is 0.257 e. The number of nitrogens with zero attached hydrogens (tertiary/aromatic N) is 1. The largest absolute Gasteiger partial charge is 0.351 e. The number of amides is 2. The number of aromatic nitrogens is 1. The molecule has 0 spiro atoms. The molecule has 3 aromatic rings. The number of hydrogen-bond acceptors (Lipinski definition) is 7. The lowest BCUT2D eigenvalue weighted by atomic mass is 10.2. The highest BCUT2D eigenvalue weighted by Crippen LogP contribution is 2.31. The summed E-state index contributed by atoms with van der Waals surface area (Å²) < 4.78 is 27.3. The number of benzene rings is 1. The third-order valence-electron chi connectivity index (χ3n) is 4.55. The predicted molar refractivity (Wildman–Crippen MR) is 127 cm³/mol. The number of carbonyl (C=O) groups excluding carboxylic acids is 2. The Kier molecular flexibility index (Phi) is 7.77. The van der Waals surface area contributed by atoms with Crippen LogP contribution in [0.15, 0.2) is 46.7 Å². The van der Waals surface area contributed by atoms with Gasteiger partial charge in [-0.3, -0.25) is 14.9 Å². The molecule has 0 saturated carbocycles. The number of nitrogens with one attached hydrogen (secondary N) is 3. The summed E-state index contributed by atoms with van der Waals surface area (Å²) in [4.78, 5) is 30.1. The number of carbonyl (C=O) groups is 2. The molecule has 0 aliphatic heterocycles. The SMILES string of the molecule is CCC(C)NS(=O)(=O)c1ccc(C(=O)Nc2nc(-c3ccc(CNC(C)=O)s3)cs2)cc1. The summed E-state index contributed by atoms with van der Waals surface area (Å²) >= 11 is 2.82. The van der Waals surface area contributed by atoms with Crippen LogP contribution in [0.25, 0.3) is 10.6 Å². The van der Waals surface area contributed by atoms with Crippen molar-refractivity contribution >= 4 is 49.6 Å². The summed E-state index contributed by atoms with van der Waals surface area (Å²) in [5, 5.41) is 7.79. The van der Waals surface area contributed by atoms with Crippen LogP contribution in [-0.2, 0) is 21.4 Å². The Labute approximate surface area is 195 Å². The standard InChI is InChI=1S/C21H24N4O4S3/c1-4-13(2)25-32(28,29)17-8-5-15(6-9-17)20(27)24-21-23-18(12-30-21)19-10-7-16(31-19)11-22-14(3)26/h5-10,12-13,25H,4,11H2,1-3H3,(H,22,26)(H,23,24,27). The zero-order valence-corrected chi connectivity index (χ0v) is 20.3. The van der Waals surface area contributed by atoms with E-state index in [9.17, 15) is 18.0 Å². The van der Waals surface area contributed by atoms with Crippen molar-refractivity contribution < 1.29 is 18.0 Å². The van der Waals surface area contributed by atoms with E-state index in [1.807, 2.05) is 24.4 Å². The summed E-state index contributed by atoms with van der Waals surface area (Å²) in [6.07, 6.45) is 0.678. The molecule has 3 rings (SSSR count). The van der Waals surface area contributed by atoms with E-state index < -0.39 is 10.0 Å². The first kappa shape index (κ1) is 24.1. The topological polar surface area (TPSA) is 117 Å². The van der Waals surface area contributed by atoms with Gasteiger partial charge in [-0.15, -0.1) is 22.7 Å². The Balaban J connectivity index is 1.64. The predicted octanol–water partition coefficient (Wildman–Crippen LogP) is 3.84. The molecule has 1 atom stereocenters. The first-order chi connectivity index (χ1) is 15.2. The molecule has 170 valence electrons. The Morgan fingerprint density at radius 3 is 2.50 bits per heavy atom. The fourth-order valence-electron chi connectivity index (χ4n) is 2.64. The van der Waals surface area contributed by atoms with Gasteiger partial charge in [0.1, 0.15) is 0 Å². The molecule has 32 heavy (non-hydrogen) atoms. The molecule has 11 heteroatoms. The van der Waals surface area contributed by atoms with Crippen molar-refractivity contribution in [1.82, 2.24) is 15.0 Å². The van der Waals surface area contributed by atoms with Crippen LogP contribution in [0.2, 0.25) is 0 Å². The molecule has 0 bridgehead atoms. The number of thiophene rings is 1. The lowest BCUT2D eigenvalue weighted by molar-refractivity contribution is -0.119. The highest BCUT2D eigenvalue weighted by atomic mass is 32.2. The van der Waals surface area contributed by atoms with Crippen LogP contribution < -0.4 is 15.4 Å². The summed E-state index contributed by atoms with van der Waals surface area (Å²) in [7, 11) is -3.62. The molecular formula is C21H24N4O4S3. The van der Waals surface area contributed by atoms with Gasteiger partial charge in [0.05, 0.1) is 22.0 Å². The first-order valence-electron chi connectivity index (χ1n) is 9.90. The molecule has 0 saturated heterocycles. The van der Waals surface area contributed by atoms with Gasteiger partial charge in [0.25, 0.3) is 5.91 Å². The lowest BCUT2D eigenvalue weighted by Gasteiger charge is -2.12. The van der Waals surface area contributed by atoms with Crippen molar-refractivity contribution in [3.63, 3.8) is 0 Å². The monoisotopic (exact) mass is 492 g/mol. The van der Waals surface area contributed by atoms with Crippen LogP contribution >= 0.6 is 22.7 Å². The van der Waals surface area contributed by atoms with Gasteiger partial charge in [-0.25, -0.2) is 18.1 Å². The zero-order valence-electron chi connectivity index (χ0n) is 17.8. The fourth-order valence-corrected chi connectivity index (χ4v) is 5.65. The molecule has 2 heterocycles. The number of rotatable bonds is 9. The smallest absolute Gasteiger partial charge is 0.257 e. The van der Waals surface area contributed by atoms with Crippen molar-refractivity contribution in [2.45, 2.75) is 44.7 Å². The van der Waals surface area contributed by atoms with Gasteiger partial charge in [-0.05, 0) is 49.7 Å². The Hall–Kier alpha value is -2.60. The molecule has 0 aliphatic rings. The number of thiazole rings is 1.